The van der Waals surface area contributed by atoms with E-state index in [9.17, 15) is 14.8 Å². The van der Waals surface area contributed by atoms with Crippen LogP contribution in [0, 0.1) is 0 Å². The second-order valence-electron chi connectivity index (χ2n) is 3.79. The highest BCUT2D eigenvalue weighted by Crippen LogP contribution is 2.16. The summed E-state index contributed by atoms with van der Waals surface area (Å²) >= 11 is 0. The molecule has 0 bridgehead atoms. The second kappa shape index (κ2) is 4.23. The Hall–Kier alpha value is -1.79. The first-order valence-electron chi connectivity index (χ1n) is 5.08. The molecule has 0 aliphatic heterocycles. The third kappa shape index (κ3) is 1.92. The molecule has 0 amide bonds. The second-order valence-corrected chi connectivity index (χ2v) is 3.79. The Morgan fingerprint density at radius 1 is 1.35 bits per heavy atom. The Kier molecular flexibility index (Phi) is 2.91. The Balaban J connectivity index is 2.84. The fraction of sp³-hybridized carbons (Fsp3) is 0.182. The molecule has 0 aliphatic rings. The smallest absolute Gasteiger partial charge is 0.492 e. The summed E-state index contributed by atoms with van der Waals surface area (Å²) < 4.78 is 6.49. The first-order valence-corrected chi connectivity index (χ1v) is 5.08. The van der Waals surface area contributed by atoms with Crippen LogP contribution in [0.25, 0.3) is 10.8 Å². The molecule has 2 aromatic rings. The lowest BCUT2D eigenvalue weighted by Crippen LogP contribution is -2.32. The van der Waals surface area contributed by atoms with Crippen LogP contribution in [0.2, 0.25) is 0 Å². The van der Waals surface area contributed by atoms with Gasteiger partial charge < -0.3 is 19.4 Å². The molecule has 1 aromatic heterocycles. The number of aryl methyl sites for hydroxylation is 1. The van der Waals surface area contributed by atoms with E-state index in [2.05, 4.69) is 0 Å². The fourth-order valence-electron chi connectivity index (χ4n) is 1.76. The Morgan fingerprint density at radius 3 is 2.65 bits per heavy atom. The van der Waals surface area contributed by atoms with E-state index >= 15 is 0 Å². The molecule has 1 aromatic carbocycles. The highest BCUT2D eigenvalue weighted by Gasteiger charge is 2.18. The first-order chi connectivity index (χ1) is 8.04. The molecule has 2 N–H and O–H groups in total. The van der Waals surface area contributed by atoms with Crippen LogP contribution in [0.15, 0.2) is 29.2 Å². The molecular formula is C11H12BNO4. The summed E-state index contributed by atoms with van der Waals surface area (Å²) in [6.45, 7) is 0. The van der Waals surface area contributed by atoms with Gasteiger partial charge in [-0.2, -0.15) is 0 Å². The van der Waals surface area contributed by atoms with Gasteiger partial charge in [0.25, 0.3) is 5.56 Å². The maximum Gasteiger partial charge on any atom is 0.492 e. The molecule has 0 radical (unpaired) electrons. The number of ether oxygens (including phenoxy) is 1. The van der Waals surface area contributed by atoms with Gasteiger partial charge in [0, 0.05) is 24.1 Å². The van der Waals surface area contributed by atoms with Gasteiger partial charge in [0.15, 0.2) is 0 Å². The van der Waals surface area contributed by atoms with Gasteiger partial charge in [0.05, 0.1) is 7.11 Å². The van der Waals surface area contributed by atoms with Gasteiger partial charge in [-0.3, -0.25) is 4.79 Å². The van der Waals surface area contributed by atoms with E-state index in [1.165, 1.54) is 17.7 Å². The zero-order chi connectivity index (χ0) is 12.6. The van der Waals surface area contributed by atoms with Crippen molar-refractivity contribution in [2.75, 3.05) is 7.11 Å². The maximum absolute atomic E-state index is 11.9. The standard InChI is InChI=1S/C11H12BNO4/c1-13-4-3-7-5-10(17-2)9(12(15)16)6-8(7)11(13)14/h3-6,15-16H,1-2H3. The zero-order valence-electron chi connectivity index (χ0n) is 9.54. The molecule has 1 heterocycles. The third-order valence-corrected chi connectivity index (χ3v) is 2.71. The molecule has 0 fully saturated rings. The van der Waals surface area contributed by atoms with E-state index in [1.54, 1.807) is 25.4 Å². The van der Waals surface area contributed by atoms with Crippen LogP contribution >= 0.6 is 0 Å². The molecule has 2 rings (SSSR count). The summed E-state index contributed by atoms with van der Waals surface area (Å²) in [4.78, 5) is 11.9. The van der Waals surface area contributed by atoms with Crippen molar-refractivity contribution >= 4 is 23.4 Å². The Morgan fingerprint density at radius 2 is 2.06 bits per heavy atom. The van der Waals surface area contributed by atoms with Crippen molar-refractivity contribution in [3.8, 4) is 5.75 Å². The number of hydrogen-bond acceptors (Lipinski definition) is 4. The predicted octanol–water partition coefficient (Wildman–Crippen LogP) is -0.773. The summed E-state index contributed by atoms with van der Waals surface area (Å²) in [5.74, 6) is 0.348. The molecule has 0 saturated heterocycles. The first kappa shape index (κ1) is 11.7. The van der Waals surface area contributed by atoms with Gasteiger partial charge in [0.1, 0.15) is 5.75 Å². The summed E-state index contributed by atoms with van der Waals surface area (Å²) in [5.41, 5.74) is -0.00430. The van der Waals surface area contributed by atoms with E-state index in [4.69, 9.17) is 4.74 Å². The number of benzene rings is 1. The van der Waals surface area contributed by atoms with E-state index in [-0.39, 0.29) is 11.0 Å². The van der Waals surface area contributed by atoms with Gasteiger partial charge in [-0.1, -0.05) is 0 Å². The average molecular weight is 233 g/mol. The summed E-state index contributed by atoms with van der Waals surface area (Å²) in [6.07, 6.45) is 1.65. The highest BCUT2D eigenvalue weighted by molar-refractivity contribution is 6.60. The molecule has 6 heteroatoms. The lowest BCUT2D eigenvalue weighted by atomic mass is 9.78. The minimum atomic E-state index is -1.67. The maximum atomic E-state index is 11.9. The van der Waals surface area contributed by atoms with Crippen LogP contribution in [0.1, 0.15) is 0 Å². The van der Waals surface area contributed by atoms with Crippen LogP contribution in [0.4, 0.5) is 0 Å². The Labute approximate surface area is 98.0 Å². The molecule has 5 nitrogen and oxygen atoms in total. The van der Waals surface area contributed by atoms with Crippen molar-refractivity contribution in [3.63, 3.8) is 0 Å². The summed E-state index contributed by atoms with van der Waals surface area (Å²) in [5, 5.41) is 19.6. The van der Waals surface area contributed by atoms with Gasteiger partial charge >= 0.3 is 7.12 Å². The summed E-state index contributed by atoms with van der Waals surface area (Å²) in [7, 11) is 1.41. The number of aromatic nitrogens is 1. The lowest BCUT2D eigenvalue weighted by molar-refractivity contribution is 0.403. The third-order valence-electron chi connectivity index (χ3n) is 2.71. The number of pyridine rings is 1. The number of fused-ring (bicyclic) bond motifs is 1. The van der Waals surface area contributed by atoms with Gasteiger partial charge in [-0.25, -0.2) is 0 Å². The minimum Gasteiger partial charge on any atom is -0.497 e. The number of rotatable bonds is 2. The number of nitrogens with zero attached hydrogens (tertiary/aromatic N) is 1. The SMILES string of the molecule is COc1cc2ccn(C)c(=O)c2cc1B(O)O. The van der Waals surface area contributed by atoms with Crippen LogP contribution in [0.3, 0.4) is 0 Å². The molecule has 0 aliphatic carbocycles. The number of methoxy groups -OCH3 is 1. The van der Waals surface area contributed by atoms with Crippen LogP contribution in [-0.4, -0.2) is 28.8 Å². The van der Waals surface area contributed by atoms with Crippen LogP contribution in [-0.2, 0) is 7.05 Å². The quantitative estimate of drug-likeness (QED) is 0.668. The van der Waals surface area contributed by atoms with E-state index in [1.807, 2.05) is 0 Å². The van der Waals surface area contributed by atoms with E-state index in [0.717, 1.165) is 0 Å². The monoisotopic (exact) mass is 233 g/mol. The van der Waals surface area contributed by atoms with E-state index in [0.29, 0.717) is 16.5 Å². The van der Waals surface area contributed by atoms with Crippen molar-refractivity contribution in [1.29, 1.82) is 0 Å². The molecule has 17 heavy (non-hydrogen) atoms. The fourth-order valence-corrected chi connectivity index (χ4v) is 1.76. The predicted molar refractivity (Wildman–Crippen MR) is 65.6 cm³/mol. The average Bonchev–Trinajstić information content (AvgIpc) is 2.32. The molecule has 0 unspecified atom stereocenters. The largest absolute Gasteiger partial charge is 0.497 e. The molecule has 0 saturated carbocycles. The molecule has 0 spiro atoms. The van der Waals surface area contributed by atoms with Crippen LogP contribution < -0.4 is 15.8 Å². The Bertz CT molecular complexity index is 621. The minimum absolute atomic E-state index is 0.184. The van der Waals surface area contributed by atoms with Crippen molar-refractivity contribution in [3.05, 3.63) is 34.7 Å². The summed E-state index contributed by atoms with van der Waals surface area (Å²) in [6, 6.07) is 4.83. The normalized spacial score (nSPS) is 10.6. The van der Waals surface area contributed by atoms with Crippen LogP contribution in [0.5, 0.6) is 5.75 Å². The van der Waals surface area contributed by atoms with Gasteiger partial charge in [-0.05, 0) is 23.6 Å². The van der Waals surface area contributed by atoms with E-state index < -0.39 is 7.12 Å². The zero-order valence-corrected chi connectivity index (χ0v) is 9.54. The van der Waals surface area contributed by atoms with Gasteiger partial charge in [-0.15, -0.1) is 0 Å². The molecule has 88 valence electrons. The van der Waals surface area contributed by atoms with Crippen molar-refractivity contribution in [2.24, 2.45) is 7.05 Å². The molecular weight excluding hydrogens is 221 g/mol. The lowest BCUT2D eigenvalue weighted by Gasteiger charge is -2.10. The van der Waals surface area contributed by atoms with Crippen molar-refractivity contribution in [2.45, 2.75) is 0 Å². The number of hydrogen-bond donors (Lipinski definition) is 2. The van der Waals surface area contributed by atoms with Gasteiger partial charge in [0.2, 0.25) is 0 Å². The highest BCUT2D eigenvalue weighted by atomic mass is 16.5. The topological polar surface area (TPSA) is 71.7 Å². The van der Waals surface area contributed by atoms with Crippen molar-refractivity contribution in [1.82, 2.24) is 4.57 Å². The molecule has 0 atom stereocenters. The van der Waals surface area contributed by atoms with Crippen molar-refractivity contribution < 1.29 is 14.8 Å².